The lowest BCUT2D eigenvalue weighted by Gasteiger charge is -2.15. The van der Waals surface area contributed by atoms with Gasteiger partial charge in [0.15, 0.2) is 10.6 Å². The minimum Gasteiger partial charge on any atom is -0.383 e. The molecule has 0 unspecified atom stereocenters. The van der Waals surface area contributed by atoms with Gasteiger partial charge >= 0.3 is 0 Å². The maximum absolute atomic E-state index is 12.4. The molecule has 0 spiro atoms. The standard InChI is InChI=1S/C22H32BrN5O3Si/c1-26(2)21(29)16-7-8-19-17(13-16)24-20(28(19)9-10-30-3)18-14-27(22(23)25-18)15-31-11-12-32(4,5)6/h7-8,13-14H,9-12,15H2,1-6H3. The molecule has 2 aromatic heterocycles. The Kier molecular flexibility index (Phi) is 7.91. The summed E-state index contributed by atoms with van der Waals surface area (Å²) in [5.41, 5.74) is 3.02. The SMILES string of the molecule is COCCn1c(-c2cn(COCC[Si](C)(C)C)c(Br)n2)nc2cc(C(=O)N(C)C)ccc21. The topological polar surface area (TPSA) is 74.4 Å². The molecule has 0 bridgehead atoms. The van der Waals surface area contributed by atoms with Crippen LogP contribution in [-0.2, 0) is 22.7 Å². The van der Waals surface area contributed by atoms with E-state index in [1.807, 2.05) is 29.0 Å². The molecule has 174 valence electrons. The minimum atomic E-state index is -1.13. The predicted octanol–water partition coefficient (Wildman–Crippen LogP) is 4.32. The molecule has 3 aromatic rings. The molecule has 0 atom stereocenters. The summed E-state index contributed by atoms with van der Waals surface area (Å²) < 4.78 is 15.9. The fourth-order valence-corrected chi connectivity index (χ4v) is 4.41. The van der Waals surface area contributed by atoms with Crippen LogP contribution in [0.15, 0.2) is 29.1 Å². The Labute approximate surface area is 198 Å². The van der Waals surface area contributed by atoms with E-state index >= 15 is 0 Å². The number of hydrogen-bond donors (Lipinski definition) is 0. The number of halogens is 1. The summed E-state index contributed by atoms with van der Waals surface area (Å²) in [5, 5.41) is 0. The molecule has 0 aliphatic rings. The number of hydrogen-bond acceptors (Lipinski definition) is 5. The summed E-state index contributed by atoms with van der Waals surface area (Å²) in [5.74, 6) is 0.676. The Balaban J connectivity index is 1.92. The van der Waals surface area contributed by atoms with Gasteiger partial charge < -0.3 is 23.5 Å². The zero-order valence-electron chi connectivity index (χ0n) is 19.7. The van der Waals surface area contributed by atoms with Crippen molar-refractivity contribution < 1.29 is 14.3 Å². The van der Waals surface area contributed by atoms with E-state index in [1.165, 1.54) is 0 Å². The average Bonchev–Trinajstić information content (AvgIpc) is 3.27. The van der Waals surface area contributed by atoms with E-state index in [0.29, 0.717) is 30.2 Å². The largest absolute Gasteiger partial charge is 0.383 e. The van der Waals surface area contributed by atoms with Crippen molar-refractivity contribution in [1.82, 2.24) is 24.0 Å². The van der Waals surface area contributed by atoms with Crippen LogP contribution in [0.25, 0.3) is 22.6 Å². The van der Waals surface area contributed by atoms with Crippen molar-refractivity contribution in [3.05, 3.63) is 34.7 Å². The molecule has 32 heavy (non-hydrogen) atoms. The molecule has 0 aliphatic carbocycles. The van der Waals surface area contributed by atoms with Crippen LogP contribution in [0, 0.1) is 0 Å². The number of methoxy groups -OCH3 is 1. The molecule has 1 aromatic carbocycles. The second kappa shape index (κ2) is 10.3. The van der Waals surface area contributed by atoms with Gasteiger partial charge in [0.05, 0.1) is 17.6 Å². The average molecular weight is 523 g/mol. The van der Waals surface area contributed by atoms with Gasteiger partial charge in [0.25, 0.3) is 5.91 Å². The van der Waals surface area contributed by atoms with E-state index in [-0.39, 0.29) is 5.91 Å². The van der Waals surface area contributed by atoms with Crippen LogP contribution in [0.3, 0.4) is 0 Å². The highest BCUT2D eigenvalue weighted by atomic mass is 79.9. The number of carbonyl (C=O) groups is 1. The van der Waals surface area contributed by atoms with Gasteiger partial charge in [-0.05, 0) is 40.2 Å². The third kappa shape index (κ3) is 5.86. The summed E-state index contributed by atoms with van der Waals surface area (Å²) in [6.45, 7) is 9.35. The summed E-state index contributed by atoms with van der Waals surface area (Å²) in [6, 6.07) is 6.72. The second-order valence-electron chi connectivity index (χ2n) is 9.20. The molecule has 0 saturated heterocycles. The van der Waals surface area contributed by atoms with Gasteiger partial charge in [-0.3, -0.25) is 4.79 Å². The second-order valence-corrected chi connectivity index (χ2v) is 15.5. The highest BCUT2D eigenvalue weighted by Crippen LogP contribution is 2.27. The van der Waals surface area contributed by atoms with Gasteiger partial charge in [-0.1, -0.05) is 19.6 Å². The maximum atomic E-state index is 12.4. The van der Waals surface area contributed by atoms with E-state index < -0.39 is 8.07 Å². The first-order valence-corrected chi connectivity index (χ1v) is 15.1. The normalized spacial score (nSPS) is 12.0. The quantitative estimate of drug-likeness (QED) is 0.293. The van der Waals surface area contributed by atoms with Gasteiger partial charge in [0.1, 0.15) is 12.4 Å². The monoisotopic (exact) mass is 521 g/mol. The first-order valence-electron chi connectivity index (χ1n) is 10.6. The predicted molar refractivity (Wildman–Crippen MR) is 133 cm³/mol. The number of imidazole rings is 2. The van der Waals surface area contributed by atoms with Crippen molar-refractivity contribution in [1.29, 1.82) is 0 Å². The van der Waals surface area contributed by atoms with E-state index in [0.717, 1.165) is 35.2 Å². The van der Waals surface area contributed by atoms with Gasteiger partial charge in [-0.15, -0.1) is 0 Å². The number of amides is 1. The molecular weight excluding hydrogens is 490 g/mol. The van der Waals surface area contributed by atoms with Crippen LogP contribution in [-0.4, -0.2) is 72.4 Å². The lowest BCUT2D eigenvalue weighted by Crippen LogP contribution is -2.22. The molecule has 0 radical (unpaired) electrons. The van der Waals surface area contributed by atoms with Crippen LogP contribution in [0.1, 0.15) is 10.4 Å². The van der Waals surface area contributed by atoms with Gasteiger partial charge in [0, 0.05) is 54.2 Å². The van der Waals surface area contributed by atoms with E-state index in [4.69, 9.17) is 14.5 Å². The molecule has 3 rings (SSSR count). The Morgan fingerprint density at radius 3 is 2.59 bits per heavy atom. The van der Waals surface area contributed by atoms with Crippen molar-refractivity contribution in [2.45, 2.75) is 39.0 Å². The molecule has 1 amide bonds. The Morgan fingerprint density at radius 1 is 1.19 bits per heavy atom. The number of rotatable bonds is 10. The number of fused-ring (bicyclic) bond motifs is 1. The number of ether oxygens (including phenoxy) is 2. The number of carbonyl (C=O) groups excluding carboxylic acids is 1. The summed E-state index contributed by atoms with van der Waals surface area (Å²) in [6.07, 6.45) is 1.94. The van der Waals surface area contributed by atoms with Crippen LogP contribution in [0.4, 0.5) is 0 Å². The number of aromatic nitrogens is 4. The molecule has 8 nitrogen and oxygen atoms in total. The molecule has 0 saturated carbocycles. The van der Waals surface area contributed by atoms with Crippen LogP contribution in [0.5, 0.6) is 0 Å². The van der Waals surface area contributed by atoms with Gasteiger partial charge in [0.2, 0.25) is 0 Å². The van der Waals surface area contributed by atoms with Crippen molar-refractivity contribution in [3.63, 3.8) is 0 Å². The van der Waals surface area contributed by atoms with Crippen LogP contribution in [0.2, 0.25) is 25.7 Å². The summed E-state index contributed by atoms with van der Waals surface area (Å²) in [7, 11) is 4.03. The van der Waals surface area contributed by atoms with Crippen molar-refractivity contribution in [3.8, 4) is 11.5 Å². The van der Waals surface area contributed by atoms with Crippen LogP contribution < -0.4 is 0 Å². The minimum absolute atomic E-state index is 0.0534. The van der Waals surface area contributed by atoms with Crippen molar-refractivity contribution >= 4 is 40.9 Å². The summed E-state index contributed by atoms with van der Waals surface area (Å²) in [4.78, 5) is 23.4. The van der Waals surface area contributed by atoms with E-state index in [9.17, 15) is 4.79 Å². The van der Waals surface area contributed by atoms with Gasteiger partial charge in [-0.2, -0.15) is 0 Å². The molecular formula is C22H32BrN5O3Si. The molecule has 0 fully saturated rings. The zero-order chi connectivity index (χ0) is 23.5. The smallest absolute Gasteiger partial charge is 0.253 e. The molecule has 0 aliphatic heterocycles. The highest BCUT2D eigenvalue weighted by molar-refractivity contribution is 9.10. The third-order valence-corrected chi connectivity index (χ3v) is 7.44. The van der Waals surface area contributed by atoms with E-state index in [2.05, 4.69) is 45.1 Å². The Hall–Kier alpha value is -2.01. The third-order valence-electron chi connectivity index (χ3n) is 5.10. The molecule has 0 N–H and O–H groups in total. The molecule has 2 heterocycles. The lowest BCUT2D eigenvalue weighted by atomic mass is 10.2. The van der Waals surface area contributed by atoms with Gasteiger partial charge in [-0.25, -0.2) is 9.97 Å². The maximum Gasteiger partial charge on any atom is 0.253 e. The first-order chi connectivity index (χ1) is 15.1. The zero-order valence-corrected chi connectivity index (χ0v) is 22.3. The summed E-state index contributed by atoms with van der Waals surface area (Å²) >= 11 is 3.54. The van der Waals surface area contributed by atoms with Crippen molar-refractivity contribution in [2.24, 2.45) is 0 Å². The molecule has 10 heteroatoms. The fourth-order valence-electron chi connectivity index (χ4n) is 3.26. The highest BCUT2D eigenvalue weighted by Gasteiger charge is 2.19. The van der Waals surface area contributed by atoms with E-state index in [1.54, 1.807) is 26.1 Å². The first kappa shape index (κ1) is 24.6. The Morgan fingerprint density at radius 2 is 1.94 bits per heavy atom. The van der Waals surface area contributed by atoms with Crippen LogP contribution >= 0.6 is 15.9 Å². The number of benzene rings is 1. The number of nitrogens with zero attached hydrogens (tertiary/aromatic N) is 5. The fraction of sp³-hybridized carbons (Fsp3) is 0.500. The van der Waals surface area contributed by atoms with Crippen molar-refractivity contribution in [2.75, 3.05) is 34.4 Å². The Bertz CT molecular complexity index is 1090. The lowest BCUT2D eigenvalue weighted by molar-refractivity contribution is 0.0827.